The number of carbonyl (C=O) groups excluding carboxylic acids is 2. The lowest BCUT2D eigenvalue weighted by atomic mass is 10.1. The topological polar surface area (TPSA) is 73.9 Å². The van der Waals surface area contributed by atoms with Crippen LogP contribution < -0.4 is 14.8 Å². The summed E-state index contributed by atoms with van der Waals surface area (Å²) in [6, 6.07) is 10.7. The lowest BCUT2D eigenvalue weighted by Crippen LogP contribution is -2.34. The maximum atomic E-state index is 12.2. The van der Waals surface area contributed by atoms with E-state index in [0.717, 1.165) is 36.8 Å². The Balaban J connectivity index is 1.34. The van der Waals surface area contributed by atoms with Gasteiger partial charge < -0.3 is 19.5 Å². The predicted octanol–water partition coefficient (Wildman–Crippen LogP) is 4.14. The first-order valence-corrected chi connectivity index (χ1v) is 9.50. The molecule has 146 valence electrons. The third kappa shape index (κ3) is 3.81. The van der Waals surface area contributed by atoms with E-state index >= 15 is 0 Å². The molecule has 1 spiro atoms. The number of carbonyl (C=O) groups is 2. The van der Waals surface area contributed by atoms with Gasteiger partial charge in [-0.1, -0.05) is 17.2 Å². The zero-order chi connectivity index (χ0) is 19.7. The van der Waals surface area contributed by atoms with Gasteiger partial charge in [0, 0.05) is 24.6 Å². The van der Waals surface area contributed by atoms with Gasteiger partial charge >= 0.3 is 5.97 Å². The van der Waals surface area contributed by atoms with E-state index in [4.69, 9.17) is 14.2 Å². The van der Waals surface area contributed by atoms with Crippen LogP contribution in [-0.4, -0.2) is 24.3 Å². The molecule has 4 rings (SSSR count). The zero-order valence-corrected chi connectivity index (χ0v) is 16.0. The van der Waals surface area contributed by atoms with E-state index in [1.54, 1.807) is 30.3 Å². The molecule has 1 amide bonds. The van der Waals surface area contributed by atoms with Gasteiger partial charge in [0.25, 0.3) is 11.7 Å². The lowest BCUT2D eigenvalue weighted by Gasteiger charge is -2.21. The van der Waals surface area contributed by atoms with Gasteiger partial charge in [-0.05, 0) is 51.0 Å². The number of hydrogen-bond acceptors (Lipinski definition) is 5. The summed E-state index contributed by atoms with van der Waals surface area (Å²) < 4.78 is 17.1. The summed E-state index contributed by atoms with van der Waals surface area (Å²) in [5.74, 6) is -0.136. The Morgan fingerprint density at radius 3 is 2.39 bits per heavy atom. The summed E-state index contributed by atoms with van der Waals surface area (Å²) in [5, 5.41) is 2.73. The van der Waals surface area contributed by atoms with E-state index in [1.807, 2.05) is 19.9 Å². The maximum absolute atomic E-state index is 12.2. The fourth-order valence-electron chi connectivity index (χ4n) is 3.79. The molecule has 1 aliphatic carbocycles. The largest absolute Gasteiger partial charge is 0.452 e. The molecular formula is C22H23NO5. The summed E-state index contributed by atoms with van der Waals surface area (Å²) in [6.45, 7) is 3.46. The average Bonchev–Trinajstić information content (AvgIpc) is 3.24. The summed E-state index contributed by atoms with van der Waals surface area (Å²) in [6.07, 6.45) is 3.92. The molecule has 1 heterocycles. The van der Waals surface area contributed by atoms with Crippen molar-refractivity contribution in [2.75, 3.05) is 11.9 Å². The molecule has 0 unspecified atom stereocenters. The van der Waals surface area contributed by atoms with Crippen LogP contribution in [0.1, 0.15) is 47.2 Å². The fourth-order valence-corrected chi connectivity index (χ4v) is 3.79. The van der Waals surface area contributed by atoms with Crippen LogP contribution in [0.25, 0.3) is 0 Å². The minimum absolute atomic E-state index is 0.357. The Labute approximate surface area is 163 Å². The molecule has 2 aromatic rings. The number of ether oxygens (including phenoxy) is 3. The first-order valence-electron chi connectivity index (χ1n) is 9.50. The smallest absolute Gasteiger partial charge is 0.338 e. The first kappa shape index (κ1) is 18.3. The lowest BCUT2D eigenvalue weighted by molar-refractivity contribution is -0.119. The molecule has 1 fully saturated rings. The Bertz CT molecular complexity index is 910. The van der Waals surface area contributed by atoms with E-state index in [0.29, 0.717) is 22.7 Å². The van der Waals surface area contributed by atoms with Gasteiger partial charge in [-0.15, -0.1) is 0 Å². The van der Waals surface area contributed by atoms with Crippen molar-refractivity contribution < 1.29 is 23.8 Å². The maximum Gasteiger partial charge on any atom is 0.338 e. The minimum atomic E-state index is -0.535. The van der Waals surface area contributed by atoms with Crippen molar-refractivity contribution in [1.82, 2.24) is 0 Å². The van der Waals surface area contributed by atoms with Crippen molar-refractivity contribution in [2.45, 2.75) is 45.3 Å². The number of hydrogen-bond donors (Lipinski definition) is 1. The molecule has 2 aliphatic rings. The van der Waals surface area contributed by atoms with Gasteiger partial charge in [0.2, 0.25) is 0 Å². The van der Waals surface area contributed by atoms with E-state index in [-0.39, 0.29) is 6.61 Å². The Hall–Kier alpha value is -3.02. The highest BCUT2D eigenvalue weighted by atomic mass is 16.7. The van der Waals surface area contributed by atoms with Gasteiger partial charge in [0.1, 0.15) is 0 Å². The second kappa shape index (κ2) is 7.19. The third-order valence-corrected chi connectivity index (χ3v) is 4.98. The van der Waals surface area contributed by atoms with Gasteiger partial charge in [0.15, 0.2) is 18.1 Å². The van der Waals surface area contributed by atoms with E-state index in [9.17, 15) is 9.59 Å². The van der Waals surface area contributed by atoms with Crippen molar-refractivity contribution in [2.24, 2.45) is 0 Å². The van der Waals surface area contributed by atoms with Crippen molar-refractivity contribution in [3.63, 3.8) is 0 Å². The number of benzene rings is 2. The molecule has 0 bridgehead atoms. The van der Waals surface area contributed by atoms with Crippen LogP contribution >= 0.6 is 0 Å². The molecule has 1 N–H and O–H groups in total. The number of aryl methyl sites for hydroxylation is 2. The van der Waals surface area contributed by atoms with Crippen LogP contribution in [0.15, 0.2) is 36.4 Å². The zero-order valence-electron chi connectivity index (χ0n) is 16.0. The van der Waals surface area contributed by atoms with Crippen LogP contribution in [0.5, 0.6) is 11.5 Å². The van der Waals surface area contributed by atoms with E-state index in [1.165, 1.54) is 0 Å². The normalized spacial score (nSPS) is 16.2. The molecule has 0 radical (unpaired) electrons. The van der Waals surface area contributed by atoms with Crippen molar-refractivity contribution in [3.8, 4) is 11.5 Å². The van der Waals surface area contributed by atoms with Crippen LogP contribution in [0.4, 0.5) is 5.69 Å². The summed E-state index contributed by atoms with van der Waals surface area (Å²) in [5.41, 5.74) is 2.95. The third-order valence-electron chi connectivity index (χ3n) is 4.98. The van der Waals surface area contributed by atoms with Gasteiger partial charge in [-0.2, -0.15) is 0 Å². The number of rotatable bonds is 4. The Kier molecular flexibility index (Phi) is 4.71. The average molecular weight is 381 g/mol. The second-order valence-electron chi connectivity index (χ2n) is 7.48. The summed E-state index contributed by atoms with van der Waals surface area (Å²) in [4.78, 5) is 24.3. The quantitative estimate of drug-likeness (QED) is 0.806. The first-order chi connectivity index (χ1) is 13.4. The van der Waals surface area contributed by atoms with Crippen molar-refractivity contribution >= 4 is 17.6 Å². The molecular weight excluding hydrogens is 358 g/mol. The fraction of sp³-hybridized carbons (Fsp3) is 0.364. The van der Waals surface area contributed by atoms with E-state index in [2.05, 4.69) is 5.32 Å². The number of fused-ring (bicyclic) bond motifs is 1. The van der Waals surface area contributed by atoms with Crippen molar-refractivity contribution in [3.05, 3.63) is 53.1 Å². The highest BCUT2D eigenvalue weighted by Crippen LogP contribution is 2.47. The van der Waals surface area contributed by atoms with Crippen molar-refractivity contribution in [1.29, 1.82) is 0 Å². The van der Waals surface area contributed by atoms with Gasteiger partial charge in [0.05, 0.1) is 5.56 Å². The molecule has 0 saturated heterocycles. The standard InChI is InChI=1S/C22H23NO5/c1-14-9-15(2)11-16(10-14)21(25)26-13-20(24)23-17-5-6-18-19(12-17)28-22(27-18)7-3-4-8-22/h5-6,9-12H,3-4,7-8,13H2,1-2H3,(H,23,24). The molecule has 1 aliphatic heterocycles. The summed E-state index contributed by atoms with van der Waals surface area (Å²) >= 11 is 0. The van der Waals surface area contributed by atoms with Gasteiger partial charge in [-0.3, -0.25) is 4.79 Å². The second-order valence-corrected chi connectivity index (χ2v) is 7.48. The summed E-state index contributed by atoms with van der Waals surface area (Å²) in [7, 11) is 0. The van der Waals surface area contributed by atoms with Gasteiger partial charge in [-0.25, -0.2) is 4.79 Å². The molecule has 1 saturated carbocycles. The molecule has 6 heteroatoms. The highest BCUT2D eigenvalue weighted by Gasteiger charge is 2.44. The highest BCUT2D eigenvalue weighted by molar-refractivity contribution is 5.95. The predicted molar refractivity (Wildman–Crippen MR) is 104 cm³/mol. The Morgan fingerprint density at radius 2 is 1.68 bits per heavy atom. The number of nitrogens with one attached hydrogen (secondary N) is 1. The number of amides is 1. The molecule has 28 heavy (non-hydrogen) atoms. The Morgan fingerprint density at radius 1 is 1.00 bits per heavy atom. The minimum Gasteiger partial charge on any atom is -0.452 e. The number of esters is 1. The van der Waals surface area contributed by atoms with Crippen LogP contribution in [0.3, 0.4) is 0 Å². The van der Waals surface area contributed by atoms with Crippen LogP contribution in [-0.2, 0) is 9.53 Å². The van der Waals surface area contributed by atoms with Crippen LogP contribution in [0, 0.1) is 13.8 Å². The number of anilines is 1. The molecule has 2 aromatic carbocycles. The molecule has 6 nitrogen and oxygen atoms in total. The molecule has 0 aromatic heterocycles. The van der Waals surface area contributed by atoms with Crippen LogP contribution in [0.2, 0.25) is 0 Å². The van der Waals surface area contributed by atoms with E-state index < -0.39 is 17.7 Å². The molecule has 0 atom stereocenters. The SMILES string of the molecule is Cc1cc(C)cc(C(=O)OCC(=O)Nc2ccc3c(c2)OC2(CCCC2)O3)c1. The monoisotopic (exact) mass is 381 g/mol.